The summed E-state index contributed by atoms with van der Waals surface area (Å²) in [5.74, 6) is 2.12. The van der Waals surface area contributed by atoms with Crippen LogP contribution in [0.3, 0.4) is 0 Å². The molecule has 0 spiro atoms. The van der Waals surface area contributed by atoms with Crippen molar-refractivity contribution < 1.29 is 14.3 Å². The summed E-state index contributed by atoms with van der Waals surface area (Å²) in [6.45, 7) is 2.46. The minimum absolute atomic E-state index is 0.254. The Morgan fingerprint density at radius 1 is 0.950 bits per heavy atom. The highest BCUT2D eigenvalue weighted by Gasteiger charge is 2.36. The molecule has 0 saturated carbocycles. The fourth-order valence-corrected chi connectivity index (χ4v) is 5.43. The van der Waals surface area contributed by atoms with E-state index in [0.717, 1.165) is 40.4 Å². The molecule has 8 heteroatoms. The van der Waals surface area contributed by atoms with Gasteiger partial charge in [0.25, 0.3) is 0 Å². The number of rotatable bonds is 6. The lowest BCUT2D eigenvalue weighted by Gasteiger charge is -2.31. The van der Waals surface area contributed by atoms with Crippen molar-refractivity contribution in [2.45, 2.75) is 25.9 Å². The van der Waals surface area contributed by atoms with Crippen molar-refractivity contribution in [1.29, 1.82) is 0 Å². The largest absolute Gasteiger partial charge is 0.497 e. The van der Waals surface area contributed by atoms with Crippen molar-refractivity contribution in [3.63, 3.8) is 0 Å². The van der Waals surface area contributed by atoms with Crippen LogP contribution in [-0.2, 0) is 13.0 Å². The smallest absolute Gasteiger partial charge is 0.323 e. The summed E-state index contributed by atoms with van der Waals surface area (Å²) in [6, 6.07) is 29.1. The first-order valence-electron chi connectivity index (χ1n) is 13.3. The molecule has 6 rings (SSSR count). The number of nitrogens with zero attached hydrogens (tertiary/aromatic N) is 4. The highest BCUT2D eigenvalue weighted by molar-refractivity contribution is 5.92. The van der Waals surface area contributed by atoms with Crippen molar-refractivity contribution in [2.75, 3.05) is 19.5 Å². The molecular weight excluding hydrogens is 502 g/mol. The summed E-state index contributed by atoms with van der Waals surface area (Å²) >= 11 is 0. The van der Waals surface area contributed by atoms with Crippen LogP contribution in [0, 0.1) is 0 Å². The van der Waals surface area contributed by atoms with E-state index in [4.69, 9.17) is 14.6 Å². The second-order valence-corrected chi connectivity index (χ2v) is 9.59. The molecule has 1 aliphatic rings. The highest BCUT2D eigenvalue weighted by Crippen LogP contribution is 2.39. The molecule has 1 aliphatic heterocycles. The molecule has 1 N–H and O–H groups in total. The number of hydrogen-bond donors (Lipinski definition) is 1. The maximum Gasteiger partial charge on any atom is 0.323 e. The van der Waals surface area contributed by atoms with Crippen LogP contribution < -0.4 is 14.8 Å². The molecule has 2 aromatic heterocycles. The number of methoxy groups -OCH3 is 2. The van der Waals surface area contributed by atoms with E-state index in [9.17, 15) is 4.79 Å². The van der Waals surface area contributed by atoms with Crippen molar-refractivity contribution in [2.24, 2.45) is 0 Å². The Bertz CT molecular complexity index is 1640. The summed E-state index contributed by atoms with van der Waals surface area (Å²) in [7, 11) is 3.18. The number of amides is 2. The van der Waals surface area contributed by atoms with Gasteiger partial charge >= 0.3 is 6.03 Å². The van der Waals surface area contributed by atoms with E-state index in [1.54, 1.807) is 32.4 Å². The van der Waals surface area contributed by atoms with Crippen LogP contribution in [0.25, 0.3) is 11.5 Å². The minimum atomic E-state index is -0.353. The van der Waals surface area contributed by atoms with E-state index >= 15 is 0 Å². The standard InChI is InChI=1S/C32H31N5O3/c1-4-26-25-21-36(32(38)33-27-20-24(39-2)17-18-29(27)40-3)30(22-12-7-5-8-13-22)28-16-11-19-35(28)31(25)37(34-26)23-14-9-6-10-15-23/h5-20,30H,4,21H2,1-3H3,(H,33,38). The number of carbonyl (C=O) groups is 1. The molecule has 202 valence electrons. The number of hydrogen-bond acceptors (Lipinski definition) is 4. The third-order valence-electron chi connectivity index (χ3n) is 7.33. The number of benzene rings is 3. The lowest BCUT2D eigenvalue weighted by atomic mass is 10.0. The predicted octanol–water partition coefficient (Wildman–Crippen LogP) is 6.38. The molecule has 1 unspecified atom stereocenters. The zero-order chi connectivity index (χ0) is 27.6. The Kier molecular flexibility index (Phi) is 6.74. The number of anilines is 1. The third kappa shape index (κ3) is 4.37. The number of fused-ring (bicyclic) bond motifs is 3. The van der Waals surface area contributed by atoms with Gasteiger partial charge in [-0.15, -0.1) is 0 Å². The quantitative estimate of drug-likeness (QED) is 0.275. The fraction of sp³-hybridized carbons (Fsp3) is 0.188. The van der Waals surface area contributed by atoms with Crippen LogP contribution in [-0.4, -0.2) is 39.5 Å². The lowest BCUT2D eigenvalue weighted by Crippen LogP contribution is -2.38. The van der Waals surface area contributed by atoms with Gasteiger partial charge in [0.1, 0.15) is 17.3 Å². The van der Waals surface area contributed by atoms with Crippen molar-refractivity contribution in [1.82, 2.24) is 19.2 Å². The van der Waals surface area contributed by atoms with Crippen LogP contribution in [0.15, 0.2) is 97.2 Å². The van der Waals surface area contributed by atoms with Gasteiger partial charge in [-0.1, -0.05) is 55.5 Å². The number of urea groups is 1. The second kappa shape index (κ2) is 10.6. The van der Waals surface area contributed by atoms with Gasteiger partial charge < -0.3 is 24.3 Å². The zero-order valence-corrected chi connectivity index (χ0v) is 22.7. The summed E-state index contributed by atoms with van der Waals surface area (Å²) in [4.78, 5) is 16.1. The van der Waals surface area contributed by atoms with Crippen LogP contribution >= 0.6 is 0 Å². The molecule has 1 atom stereocenters. The highest BCUT2D eigenvalue weighted by atomic mass is 16.5. The maximum absolute atomic E-state index is 14.3. The summed E-state index contributed by atoms with van der Waals surface area (Å²) in [5, 5.41) is 8.14. The van der Waals surface area contributed by atoms with Crippen LogP contribution in [0.1, 0.15) is 35.5 Å². The third-order valence-corrected chi connectivity index (χ3v) is 7.33. The fourth-order valence-electron chi connectivity index (χ4n) is 5.43. The number of aromatic nitrogens is 3. The van der Waals surface area contributed by atoms with Crippen molar-refractivity contribution in [3.8, 4) is 23.0 Å². The predicted molar refractivity (Wildman–Crippen MR) is 155 cm³/mol. The van der Waals surface area contributed by atoms with E-state index in [0.29, 0.717) is 23.7 Å². The molecule has 8 nitrogen and oxygen atoms in total. The molecular formula is C32H31N5O3. The molecule has 5 aromatic rings. The number of ether oxygens (including phenoxy) is 2. The SMILES string of the molecule is CCc1nn(-c2ccccc2)c2c1CN(C(=O)Nc1cc(OC)ccc1OC)C(c1ccccc1)c1cccn1-2. The van der Waals surface area contributed by atoms with Gasteiger partial charge in [-0.25, -0.2) is 9.48 Å². The normalized spacial score (nSPS) is 14.2. The van der Waals surface area contributed by atoms with Crippen molar-refractivity contribution >= 4 is 11.7 Å². The Hall–Kier alpha value is -4.98. The number of aryl methyl sites for hydroxylation is 1. The van der Waals surface area contributed by atoms with Gasteiger partial charge in [0, 0.05) is 17.8 Å². The monoisotopic (exact) mass is 533 g/mol. The van der Waals surface area contributed by atoms with Gasteiger partial charge in [-0.3, -0.25) is 0 Å². The molecule has 0 saturated heterocycles. The lowest BCUT2D eigenvalue weighted by molar-refractivity contribution is 0.194. The van der Waals surface area contributed by atoms with Gasteiger partial charge in [0.2, 0.25) is 0 Å². The Morgan fingerprint density at radius 2 is 1.70 bits per heavy atom. The molecule has 3 aromatic carbocycles. The second-order valence-electron chi connectivity index (χ2n) is 9.59. The first-order valence-corrected chi connectivity index (χ1v) is 13.3. The molecule has 0 radical (unpaired) electrons. The summed E-state index contributed by atoms with van der Waals surface area (Å²) in [6.07, 6.45) is 2.78. The van der Waals surface area contributed by atoms with E-state index in [1.807, 2.05) is 52.0 Å². The first-order chi connectivity index (χ1) is 19.6. The van der Waals surface area contributed by atoms with Crippen LogP contribution in [0.2, 0.25) is 0 Å². The number of nitrogens with one attached hydrogen (secondary N) is 1. The molecule has 0 aliphatic carbocycles. The average molecular weight is 534 g/mol. The minimum Gasteiger partial charge on any atom is -0.497 e. The Balaban J connectivity index is 1.53. The number of para-hydroxylation sites is 1. The topological polar surface area (TPSA) is 73.6 Å². The van der Waals surface area contributed by atoms with Gasteiger partial charge in [-0.05, 0) is 48.4 Å². The van der Waals surface area contributed by atoms with E-state index < -0.39 is 0 Å². The maximum atomic E-state index is 14.3. The van der Waals surface area contributed by atoms with Crippen LogP contribution in [0.5, 0.6) is 11.5 Å². The Labute approximate surface area is 233 Å². The summed E-state index contributed by atoms with van der Waals surface area (Å²) < 4.78 is 15.1. The van der Waals surface area contributed by atoms with E-state index in [1.165, 1.54) is 0 Å². The van der Waals surface area contributed by atoms with Gasteiger partial charge in [0.15, 0.2) is 0 Å². The molecule has 40 heavy (non-hydrogen) atoms. The van der Waals surface area contributed by atoms with Gasteiger partial charge in [-0.2, -0.15) is 5.10 Å². The van der Waals surface area contributed by atoms with Crippen molar-refractivity contribution in [3.05, 3.63) is 120 Å². The molecule has 2 amide bonds. The van der Waals surface area contributed by atoms with E-state index in [2.05, 4.69) is 53.3 Å². The average Bonchev–Trinajstić information content (AvgIpc) is 3.59. The number of carbonyl (C=O) groups excluding carboxylic acids is 1. The molecule has 0 bridgehead atoms. The first kappa shape index (κ1) is 25.3. The van der Waals surface area contributed by atoms with Gasteiger partial charge in [0.05, 0.1) is 49.6 Å². The van der Waals surface area contributed by atoms with Crippen LogP contribution in [0.4, 0.5) is 10.5 Å². The van der Waals surface area contributed by atoms with E-state index in [-0.39, 0.29) is 12.1 Å². The Morgan fingerprint density at radius 3 is 2.40 bits per heavy atom. The summed E-state index contributed by atoms with van der Waals surface area (Å²) in [5.41, 5.74) is 5.44. The zero-order valence-electron chi connectivity index (χ0n) is 22.7. The molecule has 0 fully saturated rings. The molecule has 3 heterocycles.